The molecule has 0 unspecified atom stereocenters. The molecule has 0 fully saturated rings. The van der Waals surface area contributed by atoms with Gasteiger partial charge in [0.1, 0.15) is 17.0 Å². The van der Waals surface area contributed by atoms with Gasteiger partial charge in [-0.05, 0) is 66.1 Å². The van der Waals surface area contributed by atoms with Crippen molar-refractivity contribution in [3.05, 3.63) is 100 Å². The number of aryl methyl sites for hydroxylation is 1. The summed E-state index contributed by atoms with van der Waals surface area (Å²) < 4.78 is 9.00. The summed E-state index contributed by atoms with van der Waals surface area (Å²) in [6, 6.07) is 28.1. The molecule has 0 saturated carbocycles. The smallest absolute Gasteiger partial charge is 0.265 e. The Hall–Kier alpha value is -3.54. The van der Waals surface area contributed by atoms with Crippen molar-refractivity contribution < 1.29 is 9.30 Å². The van der Waals surface area contributed by atoms with Crippen LogP contribution in [0.25, 0.3) is 39.2 Å². The maximum atomic E-state index is 5.27. The third-order valence-electron chi connectivity index (χ3n) is 6.84. The molecule has 0 spiro atoms. The summed E-state index contributed by atoms with van der Waals surface area (Å²) in [6.45, 7) is 6.35. The number of fused-ring (bicyclic) bond motifs is 4. The molecule has 5 heteroatoms. The number of nitrogens with zero attached hydrogens (tertiary/aromatic N) is 2. The van der Waals surface area contributed by atoms with Gasteiger partial charge in [-0.2, -0.15) is 4.57 Å². The van der Waals surface area contributed by atoms with Crippen LogP contribution >= 0.6 is 23.1 Å². The van der Waals surface area contributed by atoms with Crippen molar-refractivity contribution in [2.75, 3.05) is 18.6 Å². The van der Waals surface area contributed by atoms with E-state index in [1.54, 1.807) is 7.11 Å². The van der Waals surface area contributed by atoms with Crippen LogP contribution in [0.3, 0.4) is 0 Å². The van der Waals surface area contributed by atoms with E-state index in [9.17, 15) is 0 Å². The normalized spacial score (nSPS) is 14.4. The van der Waals surface area contributed by atoms with Crippen molar-refractivity contribution in [1.82, 2.24) is 0 Å². The molecule has 1 aromatic heterocycles. The first-order chi connectivity index (χ1) is 18.2. The first-order valence-corrected chi connectivity index (χ1v) is 14.3. The second kappa shape index (κ2) is 10.1. The SMILES string of the molecule is CCN1/C(=C\c2sc3cc(/C=C/c4ccc(OC)cc4)ccc3[n+]2CC)Sc2c1ccc1ccccc21. The van der Waals surface area contributed by atoms with Gasteiger partial charge < -0.3 is 9.64 Å². The van der Waals surface area contributed by atoms with Crippen molar-refractivity contribution in [2.24, 2.45) is 0 Å². The van der Waals surface area contributed by atoms with Gasteiger partial charge in [0.15, 0.2) is 0 Å². The van der Waals surface area contributed by atoms with Crippen molar-refractivity contribution >= 4 is 68.0 Å². The van der Waals surface area contributed by atoms with Gasteiger partial charge in [-0.1, -0.05) is 77.7 Å². The largest absolute Gasteiger partial charge is 0.497 e. The molecule has 0 atom stereocenters. The Labute approximate surface area is 226 Å². The van der Waals surface area contributed by atoms with E-state index < -0.39 is 0 Å². The van der Waals surface area contributed by atoms with Crippen LogP contribution in [0.5, 0.6) is 5.75 Å². The molecule has 4 aromatic carbocycles. The lowest BCUT2D eigenvalue weighted by atomic mass is 10.1. The third kappa shape index (κ3) is 4.43. The van der Waals surface area contributed by atoms with Crippen LogP contribution in [0.15, 0.2) is 88.8 Å². The standard InChI is InChI=1S/C32H29N2OS2/c1-4-33-27-18-14-23(11-10-22-12-16-25(35-3)17-13-22)20-29(27)36-30(33)21-31-34(5-2)28-19-15-24-8-6-7-9-26(24)32(28)37-31/h6-21H,4-5H2,1-3H3/q+1/b11-10+. The number of hydrogen-bond donors (Lipinski definition) is 0. The Balaban J connectivity index is 1.35. The summed E-state index contributed by atoms with van der Waals surface area (Å²) in [6.07, 6.45) is 6.72. The van der Waals surface area contributed by atoms with Crippen LogP contribution in [0.1, 0.15) is 30.0 Å². The Morgan fingerprint density at radius 3 is 2.46 bits per heavy atom. The van der Waals surface area contributed by atoms with E-state index in [2.05, 4.69) is 108 Å². The summed E-state index contributed by atoms with van der Waals surface area (Å²) in [5.74, 6) is 0.876. The number of rotatable bonds is 6. The van der Waals surface area contributed by atoms with E-state index in [0.29, 0.717) is 0 Å². The highest BCUT2D eigenvalue weighted by atomic mass is 32.2. The second-order valence-corrected chi connectivity index (χ2v) is 11.1. The Kier molecular flexibility index (Phi) is 6.49. The molecule has 0 amide bonds. The van der Waals surface area contributed by atoms with Crippen molar-refractivity contribution in [1.29, 1.82) is 0 Å². The van der Waals surface area contributed by atoms with Gasteiger partial charge in [0.2, 0.25) is 5.52 Å². The summed E-state index contributed by atoms with van der Waals surface area (Å²) >= 11 is 3.76. The van der Waals surface area contributed by atoms with Gasteiger partial charge in [0.25, 0.3) is 5.01 Å². The zero-order chi connectivity index (χ0) is 25.4. The quantitative estimate of drug-likeness (QED) is 0.165. The molecular formula is C32H29N2OS2+. The lowest BCUT2D eigenvalue weighted by Crippen LogP contribution is -2.33. The van der Waals surface area contributed by atoms with E-state index in [4.69, 9.17) is 4.74 Å². The lowest BCUT2D eigenvalue weighted by molar-refractivity contribution is -0.665. The van der Waals surface area contributed by atoms with Crippen LogP contribution in [-0.4, -0.2) is 13.7 Å². The minimum atomic E-state index is 0.876. The summed E-state index contributed by atoms with van der Waals surface area (Å²) in [7, 11) is 1.69. The summed E-state index contributed by atoms with van der Waals surface area (Å²) in [5, 5.41) is 5.21. The van der Waals surface area contributed by atoms with Gasteiger partial charge in [-0.15, -0.1) is 0 Å². The number of methoxy groups -OCH3 is 1. The molecular weight excluding hydrogens is 492 g/mol. The topological polar surface area (TPSA) is 16.4 Å². The van der Waals surface area contributed by atoms with Gasteiger partial charge in [-0.3, -0.25) is 0 Å². The number of hydrogen-bond acceptors (Lipinski definition) is 4. The maximum absolute atomic E-state index is 5.27. The summed E-state index contributed by atoms with van der Waals surface area (Å²) in [4.78, 5) is 3.81. The first kappa shape index (κ1) is 23.8. The van der Waals surface area contributed by atoms with Crippen LogP contribution in [0.2, 0.25) is 0 Å². The van der Waals surface area contributed by atoms with E-state index in [0.717, 1.165) is 24.4 Å². The average Bonchev–Trinajstić information content (AvgIpc) is 3.48. The number of ether oxygens (including phenoxy) is 1. The molecule has 0 N–H and O–H groups in total. The number of benzene rings is 4. The minimum absolute atomic E-state index is 0.876. The van der Waals surface area contributed by atoms with Crippen LogP contribution in [0.4, 0.5) is 5.69 Å². The predicted octanol–water partition coefficient (Wildman–Crippen LogP) is 8.47. The number of aromatic nitrogens is 1. The van der Waals surface area contributed by atoms with Crippen LogP contribution < -0.4 is 14.2 Å². The molecule has 0 aliphatic carbocycles. The zero-order valence-electron chi connectivity index (χ0n) is 21.3. The third-order valence-corrected chi connectivity index (χ3v) is 9.12. The van der Waals surface area contributed by atoms with Gasteiger partial charge >= 0.3 is 0 Å². The molecule has 3 nitrogen and oxygen atoms in total. The molecule has 5 aromatic rings. The van der Waals surface area contributed by atoms with E-state index >= 15 is 0 Å². The Bertz CT molecular complexity index is 1660. The average molecular weight is 522 g/mol. The van der Waals surface area contributed by atoms with Gasteiger partial charge in [0, 0.05) is 17.5 Å². The maximum Gasteiger partial charge on any atom is 0.265 e. The minimum Gasteiger partial charge on any atom is -0.497 e. The highest BCUT2D eigenvalue weighted by Crippen LogP contribution is 2.50. The molecule has 37 heavy (non-hydrogen) atoms. The van der Waals surface area contributed by atoms with Crippen molar-refractivity contribution in [3.63, 3.8) is 0 Å². The molecule has 6 rings (SSSR count). The van der Waals surface area contributed by atoms with Gasteiger partial charge in [-0.25, -0.2) is 0 Å². The lowest BCUT2D eigenvalue weighted by Gasteiger charge is -2.17. The highest BCUT2D eigenvalue weighted by Gasteiger charge is 2.28. The molecule has 184 valence electrons. The summed E-state index contributed by atoms with van der Waals surface area (Å²) in [5.41, 5.74) is 4.96. The number of thiazole rings is 1. The van der Waals surface area contributed by atoms with Crippen molar-refractivity contribution in [3.8, 4) is 5.75 Å². The second-order valence-electron chi connectivity index (χ2n) is 8.98. The Morgan fingerprint density at radius 2 is 1.68 bits per heavy atom. The fraction of sp³-hybridized carbons (Fsp3) is 0.156. The van der Waals surface area contributed by atoms with Crippen molar-refractivity contribution in [2.45, 2.75) is 25.3 Å². The monoisotopic (exact) mass is 521 g/mol. The molecule has 2 heterocycles. The molecule has 1 aliphatic rings. The first-order valence-electron chi connectivity index (χ1n) is 12.7. The van der Waals surface area contributed by atoms with E-state index in [1.165, 1.54) is 47.2 Å². The van der Waals surface area contributed by atoms with E-state index in [1.807, 2.05) is 35.2 Å². The molecule has 0 saturated heterocycles. The molecule has 0 bridgehead atoms. The highest BCUT2D eigenvalue weighted by molar-refractivity contribution is 8.04. The fourth-order valence-corrected chi connectivity index (χ4v) is 7.52. The predicted molar refractivity (Wildman–Crippen MR) is 160 cm³/mol. The fourth-order valence-electron chi connectivity index (χ4n) is 4.94. The van der Waals surface area contributed by atoms with Gasteiger partial charge in [0.05, 0.1) is 23.9 Å². The zero-order valence-corrected chi connectivity index (χ0v) is 22.9. The number of anilines is 1. The van der Waals surface area contributed by atoms with E-state index in [-0.39, 0.29) is 0 Å². The van der Waals surface area contributed by atoms with Crippen LogP contribution in [0, 0.1) is 0 Å². The molecule has 1 aliphatic heterocycles. The van der Waals surface area contributed by atoms with Crippen LogP contribution in [-0.2, 0) is 6.54 Å². The number of thioether (sulfide) groups is 1. The Morgan fingerprint density at radius 1 is 0.892 bits per heavy atom. The molecule has 0 radical (unpaired) electrons.